The second-order valence-electron chi connectivity index (χ2n) is 7.63. The first-order chi connectivity index (χ1) is 15.2. The SMILES string of the molecule is Cc1ccc(-n2nccn2)c(C(=O)N(C)C(CNc2ncc(C(F)(F)F)cn2)C2CC2)n1. The monoisotopic (exact) mass is 446 g/mol. The summed E-state index contributed by atoms with van der Waals surface area (Å²) in [6.45, 7) is 2.08. The number of hydrogen-bond acceptors (Lipinski definition) is 7. The molecule has 0 aliphatic heterocycles. The Morgan fingerprint density at radius 2 is 1.88 bits per heavy atom. The van der Waals surface area contributed by atoms with Crippen LogP contribution in [0.4, 0.5) is 19.1 Å². The maximum Gasteiger partial charge on any atom is 0.419 e. The summed E-state index contributed by atoms with van der Waals surface area (Å²) in [5.41, 5.74) is 0.447. The van der Waals surface area contributed by atoms with Crippen LogP contribution in [0.5, 0.6) is 0 Å². The van der Waals surface area contributed by atoms with Crippen molar-refractivity contribution in [2.75, 3.05) is 18.9 Å². The molecule has 1 atom stereocenters. The summed E-state index contributed by atoms with van der Waals surface area (Å²) >= 11 is 0. The molecule has 1 unspecified atom stereocenters. The van der Waals surface area contributed by atoms with Crippen molar-refractivity contribution >= 4 is 11.9 Å². The summed E-state index contributed by atoms with van der Waals surface area (Å²) in [6, 6.07) is 3.30. The Bertz CT molecular complexity index is 1080. The molecule has 1 fully saturated rings. The number of rotatable bonds is 7. The van der Waals surface area contributed by atoms with Crippen LogP contribution in [0.1, 0.15) is 34.6 Å². The van der Waals surface area contributed by atoms with Gasteiger partial charge >= 0.3 is 6.18 Å². The number of amides is 1. The molecule has 3 heterocycles. The number of halogens is 3. The van der Waals surface area contributed by atoms with Crippen molar-refractivity contribution in [2.45, 2.75) is 32.0 Å². The minimum atomic E-state index is -4.50. The highest BCUT2D eigenvalue weighted by Crippen LogP contribution is 2.36. The Morgan fingerprint density at radius 3 is 2.47 bits per heavy atom. The van der Waals surface area contributed by atoms with Gasteiger partial charge in [-0.25, -0.2) is 15.0 Å². The summed E-state index contributed by atoms with van der Waals surface area (Å²) in [5.74, 6) is 0.0367. The van der Waals surface area contributed by atoms with Crippen molar-refractivity contribution in [3.63, 3.8) is 0 Å². The molecule has 32 heavy (non-hydrogen) atoms. The molecular formula is C20H21F3N8O. The van der Waals surface area contributed by atoms with Crippen LogP contribution in [-0.4, -0.2) is 60.4 Å². The predicted molar refractivity (Wildman–Crippen MR) is 108 cm³/mol. The van der Waals surface area contributed by atoms with Crippen molar-refractivity contribution in [1.82, 2.24) is 34.8 Å². The third-order valence-corrected chi connectivity index (χ3v) is 5.28. The quantitative estimate of drug-likeness (QED) is 0.595. The highest BCUT2D eigenvalue weighted by atomic mass is 19.4. The van der Waals surface area contributed by atoms with E-state index < -0.39 is 11.7 Å². The first-order valence-corrected chi connectivity index (χ1v) is 9.98. The second-order valence-corrected chi connectivity index (χ2v) is 7.63. The zero-order valence-electron chi connectivity index (χ0n) is 17.4. The van der Waals surface area contributed by atoms with E-state index in [2.05, 4.69) is 30.5 Å². The van der Waals surface area contributed by atoms with Crippen LogP contribution in [0.3, 0.4) is 0 Å². The molecule has 1 aliphatic rings. The Morgan fingerprint density at radius 1 is 1.22 bits per heavy atom. The zero-order valence-corrected chi connectivity index (χ0v) is 17.4. The van der Waals surface area contributed by atoms with Gasteiger partial charge in [0.15, 0.2) is 5.69 Å². The number of hydrogen-bond donors (Lipinski definition) is 1. The topological polar surface area (TPSA) is 102 Å². The fourth-order valence-electron chi connectivity index (χ4n) is 3.39. The van der Waals surface area contributed by atoms with Crippen molar-refractivity contribution < 1.29 is 18.0 Å². The van der Waals surface area contributed by atoms with E-state index in [1.54, 1.807) is 31.0 Å². The molecule has 0 bridgehead atoms. The number of anilines is 1. The van der Waals surface area contributed by atoms with E-state index in [0.29, 0.717) is 17.9 Å². The van der Waals surface area contributed by atoms with Gasteiger partial charge in [-0.05, 0) is 37.8 Å². The molecule has 0 saturated heterocycles. The van der Waals surface area contributed by atoms with Crippen molar-refractivity contribution in [3.05, 3.63) is 53.9 Å². The lowest BCUT2D eigenvalue weighted by Crippen LogP contribution is -2.43. The number of pyridine rings is 1. The van der Waals surface area contributed by atoms with Gasteiger partial charge in [0.1, 0.15) is 5.69 Å². The third-order valence-electron chi connectivity index (χ3n) is 5.28. The van der Waals surface area contributed by atoms with E-state index in [1.807, 2.05) is 0 Å². The number of aromatic nitrogens is 6. The van der Waals surface area contributed by atoms with Crippen molar-refractivity contribution in [1.29, 1.82) is 0 Å². The van der Waals surface area contributed by atoms with Crippen molar-refractivity contribution in [2.24, 2.45) is 5.92 Å². The Hall–Kier alpha value is -3.57. The van der Waals surface area contributed by atoms with Gasteiger partial charge in [0, 0.05) is 31.7 Å². The maximum absolute atomic E-state index is 13.4. The van der Waals surface area contributed by atoms with E-state index >= 15 is 0 Å². The summed E-state index contributed by atoms with van der Waals surface area (Å²) in [4.78, 5) is 28.2. The molecule has 168 valence electrons. The molecule has 1 N–H and O–H groups in total. The van der Waals surface area contributed by atoms with Crippen LogP contribution in [0.25, 0.3) is 5.69 Å². The number of nitrogens with one attached hydrogen (secondary N) is 1. The molecule has 0 radical (unpaired) electrons. The second kappa shape index (κ2) is 8.52. The molecule has 4 rings (SSSR count). The molecule has 0 spiro atoms. The fourth-order valence-corrected chi connectivity index (χ4v) is 3.39. The summed E-state index contributed by atoms with van der Waals surface area (Å²) in [5, 5.41) is 11.1. The molecule has 1 aliphatic carbocycles. The van der Waals surface area contributed by atoms with E-state index in [4.69, 9.17) is 0 Å². The van der Waals surface area contributed by atoms with Gasteiger partial charge in [-0.3, -0.25) is 4.79 Å². The number of carbonyl (C=O) groups excluding carboxylic acids is 1. The van der Waals surface area contributed by atoms with Crippen LogP contribution in [0.2, 0.25) is 0 Å². The molecule has 3 aromatic heterocycles. The average molecular weight is 446 g/mol. The van der Waals surface area contributed by atoms with E-state index in [9.17, 15) is 18.0 Å². The van der Waals surface area contributed by atoms with Crippen LogP contribution in [0.15, 0.2) is 36.9 Å². The van der Waals surface area contributed by atoms with Gasteiger partial charge in [-0.15, -0.1) is 4.80 Å². The first-order valence-electron chi connectivity index (χ1n) is 9.98. The molecular weight excluding hydrogens is 425 g/mol. The van der Waals surface area contributed by atoms with Gasteiger partial charge < -0.3 is 10.2 Å². The lowest BCUT2D eigenvalue weighted by Gasteiger charge is -2.29. The molecule has 0 aromatic carbocycles. The normalized spacial score (nSPS) is 14.8. The lowest BCUT2D eigenvalue weighted by molar-refractivity contribution is -0.138. The first kappa shape index (κ1) is 21.7. The van der Waals surface area contributed by atoms with Crippen LogP contribution in [-0.2, 0) is 6.18 Å². The van der Waals surface area contributed by atoms with Gasteiger partial charge in [-0.2, -0.15) is 23.4 Å². The van der Waals surface area contributed by atoms with Gasteiger partial charge in [0.05, 0.1) is 24.0 Å². The molecule has 3 aromatic rings. The summed E-state index contributed by atoms with van der Waals surface area (Å²) < 4.78 is 38.1. The number of nitrogens with zero attached hydrogens (tertiary/aromatic N) is 7. The highest BCUT2D eigenvalue weighted by Gasteiger charge is 2.37. The van der Waals surface area contributed by atoms with Gasteiger partial charge in [0.25, 0.3) is 5.91 Å². The van der Waals surface area contributed by atoms with E-state index in [-0.39, 0.29) is 29.5 Å². The van der Waals surface area contributed by atoms with Crippen molar-refractivity contribution in [3.8, 4) is 5.69 Å². The molecule has 1 saturated carbocycles. The number of alkyl halides is 3. The Kier molecular flexibility index (Phi) is 5.76. The standard InChI is InChI=1S/C20H21F3N8O/c1-12-3-6-15(31-27-7-8-28-31)17(29-12)18(32)30(2)16(13-4-5-13)11-26-19-24-9-14(10-25-19)20(21,22)23/h3,6-10,13,16H,4-5,11H2,1-2H3,(H,24,25,26). The molecule has 9 nitrogen and oxygen atoms in total. The fraction of sp³-hybridized carbons (Fsp3) is 0.400. The number of carbonyl (C=O) groups is 1. The zero-order chi connectivity index (χ0) is 22.9. The Balaban J connectivity index is 1.51. The van der Waals surface area contributed by atoms with Crippen LogP contribution < -0.4 is 5.32 Å². The van der Waals surface area contributed by atoms with Crippen LogP contribution >= 0.6 is 0 Å². The van der Waals surface area contributed by atoms with Crippen LogP contribution in [0, 0.1) is 12.8 Å². The minimum Gasteiger partial charge on any atom is -0.352 e. The summed E-state index contributed by atoms with van der Waals surface area (Å²) in [6.07, 6.45) is 1.90. The highest BCUT2D eigenvalue weighted by molar-refractivity contribution is 5.95. The van der Waals surface area contributed by atoms with E-state index in [1.165, 1.54) is 17.2 Å². The maximum atomic E-state index is 13.4. The van der Waals surface area contributed by atoms with Gasteiger partial charge in [-0.1, -0.05) is 0 Å². The van der Waals surface area contributed by atoms with E-state index in [0.717, 1.165) is 25.2 Å². The summed E-state index contributed by atoms with van der Waals surface area (Å²) in [7, 11) is 1.69. The van der Waals surface area contributed by atoms with Gasteiger partial charge in [0.2, 0.25) is 5.95 Å². The Labute approximate surface area is 181 Å². The average Bonchev–Trinajstić information content (AvgIpc) is 3.45. The molecule has 1 amide bonds. The minimum absolute atomic E-state index is 0.0691. The largest absolute Gasteiger partial charge is 0.419 e. The smallest absolute Gasteiger partial charge is 0.352 e. The predicted octanol–water partition coefficient (Wildman–Crippen LogP) is 2.74. The number of aryl methyl sites for hydroxylation is 1. The third kappa shape index (κ3) is 4.68. The molecule has 12 heteroatoms. The lowest BCUT2D eigenvalue weighted by atomic mass is 10.1. The number of likely N-dealkylation sites (N-methyl/N-ethyl adjacent to an activating group) is 1.